The summed E-state index contributed by atoms with van der Waals surface area (Å²) in [7, 11) is 6.83. The van der Waals surface area contributed by atoms with Gasteiger partial charge in [0.2, 0.25) is 5.91 Å². The quantitative estimate of drug-likeness (QED) is 0.103. The number of carboxylic acid groups (broad SMARTS) is 1. The maximum atomic E-state index is 11.8. The van der Waals surface area contributed by atoms with Gasteiger partial charge >= 0.3 is 5.97 Å². The van der Waals surface area contributed by atoms with E-state index in [-0.39, 0.29) is 17.6 Å². The molecule has 0 fully saturated rings. The number of fused-ring (bicyclic) bond motifs is 1. The van der Waals surface area contributed by atoms with Gasteiger partial charge in [-0.1, -0.05) is 64.1 Å². The lowest BCUT2D eigenvalue weighted by Gasteiger charge is -2.16. The minimum Gasteiger partial charge on any atom is -0.487 e. The van der Waals surface area contributed by atoms with Crippen LogP contribution in [0.3, 0.4) is 0 Å². The highest BCUT2D eigenvalue weighted by atomic mass is 33.1. The van der Waals surface area contributed by atoms with Crippen LogP contribution in [0.4, 0.5) is 0 Å². The van der Waals surface area contributed by atoms with E-state index in [9.17, 15) is 14.7 Å². The Bertz CT molecular complexity index is 1480. The van der Waals surface area contributed by atoms with Crippen LogP contribution in [-0.4, -0.2) is 52.0 Å². The molecular formula is C33H36N2O5S2. The normalized spacial score (nSPS) is 11.7. The second-order valence-electron chi connectivity index (χ2n) is 10.1. The van der Waals surface area contributed by atoms with Crippen molar-refractivity contribution in [1.82, 2.24) is 9.88 Å². The van der Waals surface area contributed by atoms with Gasteiger partial charge < -0.3 is 19.5 Å². The monoisotopic (exact) mass is 604 g/mol. The van der Waals surface area contributed by atoms with E-state index in [0.29, 0.717) is 36.7 Å². The number of aryl methyl sites for hydroxylation is 1. The molecule has 9 heteroatoms. The first-order chi connectivity index (χ1) is 20.4. The van der Waals surface area contributed by atoms with Crippen LogP contribution >= 0.6 is 21.6 Å². The lowest BCUT2D eigenvalue weighted by atomic mass is 10.1. The highest BCUT2D eigenvalue weighted by Gasteiger charge is 2.14. The van der Waals surface area contributed by atoms with E-state index in [2.05, 4.69) is 11.1 Å². The first-order valence-corrected chi connectivity index (χ1v) is 16.3. The van der Waals surface area contributed by atoms with Crippen molar-refractivity contribution in [1.29, 1.82) is 0 Å². The van der Waals surface area contributed by atoms with E-state index in [1.807, 2.05) is 78.9 Å². The van der Waals surface area contributed by atoms with Gasteiger partial charge in [-0.2, -0.15) is 0 Å². The second-order valence-corrected chi connectivity index (χ2v) is 12.8. The summed E-state index contributed by atoms with van der Waals surface area (Å²) in [5.41, 5.74) is 2.92. The summed E-state index contributed by atoms with van der Waals surface area (Å²) in [4.78, 5) is 29.3. The molecule has 1 amide bonds. The maximum absolute atomic E-state index is 11.8. The third-order valence-electron chi connectivity index (χ3n) is 6.52. The van der Waals surface area contributed by atoms with Crippen molar-refractivity contribution in [3.05, 3.63) is 96.2 Å². The zero-order valence-electron chi connectivity index (χ0n) is 23.9. The Morgan fingerprint density at radius 3 is 2.45 bits per heavy atom. The smallest absolute Gasteiger partial charge is 0.303 e. The van der Waals surface area contributed by atoms with Crippen molar-refractivity contribution in [2.75, 3.05) is 19.8 Å². The molecule has 1 heterocycles. The van der Waals surface area contributed by atoms with Crippen LogP contribution in [0.1, 0.15) is 36.9 Å². The fourth-order valence-electron chi connectivity index (χ4n) is 4.22. The first-order valence-electron chi connectivity index (χ1n) is 13.9. The number of aromatic nitrogens is 1. The number of rotatable bonds is 16. The molecule has 0 aliphatic rings. The van der Waals surface area contributed by atoms with Crippen LogP contribution in [0.5, 0.6) is 17.2 Å². The summed E-state index contributed by atoms with van der Waals surface area (Å²) < 4.78 is 12.2. The molecule has 220 valence electrons. The Morgan fingerprint density at radius 1 is 0.881 bits per heavy atom. The van der Waals surface area contributed by atoms with Crippen molar-refractivity contribution in [2.24, 2.45) is 0 Å². The third kappa shape index (κ3) is 10.3. The number of carbonyl (C=O) groups is 2. The van der Waals surface area contributed by atoms with Crippen molar-refractivity contribution >= 4 is 44.4 Å². The lowest BCUT2D eigenvalue weighted by molar-refractivity contribution is -0.137. The number of carboxylic acids is 1. The molecule has 42 heavy (non-hydrogen) atoms. The van der Waals surface area contributed by atoms with Crippen molar-refractivity contribution in [2.45, 2.75) is 44.0 Å². The topological polar surface area (TPSA) is 89.0 Å². The Morgan fingerprint density at radius 2 is 1.64 bits per heavy atom. The molecule has 4 rings (SSSR count). The molecule has 1 unspecified atom stereocenters. The molecule has 7 nitrogen and oxygen atoms in total. The number of nitrogens with zero attached hydrogens (tertiary/aromatic N) is 2. The molecule has 0 bridgehead atoms. The van der Waals surface area contributed by atoms with Gasteiger partial charge in [-0.15, -0.1) is 0 Å². The number of amides is 1. The molecule has 0 saturated heterocycles. The molecular weight excluding hydrogens is 569 g/mol. The Kier molecular flexibility index (Phi) is 12.0. The first kappa shape index (κ1) is 31.3. The van der Waals surface area contributed by atoms with Gasteiger partial charge in [0.25, 0.3) is 0 Å². The fourth-order valence-corrected chi connectivity index (χ4v) is 6.89. The molecule has 0 saturated carbocycles. The van der Waals surface area contributed by atoms with E-state index in [1.165, 1.54) is 0 Å². The number of para-hydroxylation sites is 1. The average molecular weight is 605 g/mol. The van der Waals surface area contributed by atoms with Crippen LogP contribution < -0.4 is 9.47 Å². The van der Waals surface area contributed by atoms with Crippen molar-refractivity contribution < 1.29 is 24.2 Å². The molecule has 1 aromatic heterocycles. The van der Waals surface area contributed by atoms with E-state index in [1.54, 1.807) is 40.6 Å². The van der Waals surface area contributed by atoms with Crippen LogP contribution in [0.15, 0.2) is 84.9 Å². The van der Waals surface area contributed by atoms with Crippen molar-refractivity contribution in [3.63, 3.8) is 0 Å². The summed E-state index contributed by atoms with van der Waals surface area (Å²) >= 11 is 0. The van der Waals surface area contributed by atoms with Crippen LogP contribution in [0.25, 0.3) is 10.9 Å². The molecule has 0 aliphatic carbocycles. The Labute approximate surface area is 255 Å². The molecule has 0 spiro atoms. The summed E-state index contributed by atoms with van der Waals surface area (Å²) in [6.07, 6.45) is 2.83. The lowest BCUT2D eigenvalue weighted by Crippen LogP contribution is -2.21. The van der Waals surface area contributed by atoms with E-state index in [0.717, 1.165) is 40.8 Å². The van der Waals surface area contributed by atoms with E-state index in [4.69, 9.17) is 9.47 Å². The van der Waals surface area contributed by atoms with Crippen LogP contribution in [0.2, 0.25) is 0 Å². The average Bonchev–Trinajstić information content (AvgIpc) is 2.99. The van der Waals surface area contributed by atoms with E-state index < -0.39 is 5.97 Å². The van der Waals surface area contributed by atoms with Gasteiger partial charge in [-0.3, -0.25) is 9.59 Å². The van der Waals surface area contributed by atoms with Gasteiger partial charge in [-0.25, -0.2) is 4.98 Å². The standard InChI is InChI=1S/C33H36N2O5S2/c1-35(2)32(36)19-20-41-42-30(17-18-33(37)38)16-13-24-7-5-10-28(21-24)40-29-11-6-9-27(22-29)39-23-26-15-14-25-8-3-4-12-31(25)34-26/h3-12,14-15,21-22,30H,13,16-20,23H2,1-2H3,(H,37,38). The summed E-state index contributed by atoms with van der Waals surface area (Å²) in [6.45, 7) is 0.356. The van der Waals surface area contributed by atoms with Crippen LogP contribution in [0, 0.1) is 0 Å². The maximum Gasteiger partial charge on any atom is 0.303 e. The Balaban J connectivity index is 1.30. The zero-order chi connectivity index (χ0) is 29.7. The SMILES string of the molecule is CN(C)C(=O)CCSSC(CCC(=O)O)CCc1cccc(Oc2cccc(OCc3ccc4ccccc4n3)c2)c1. The minimum absolute atomic E-state index is 0.0982. The molecule has 3 aromatic carbocycles. The van der Waals surface area contributed by atoms with Crippen LogP contribution in [-0.2, 0) is 22.6 Å². The number of aliphatic carboxylic acids is 1. The number of hydrogen-bond donors (Lipinski definition) is 1. The van der Waals surface area contributed by atoms with Gasteiger partial charge in [0.05, 0.1) is 11.2 Å². The number of benzene rings is 3. The zero-order valence-corrected chi connectivity index (χ0v) is 25.5. The summed E-state index contributed by atoms with van der Waals surface area (Å²) in [6, 6.07) is 27.6. The van der Waals surface area contributed by atoms with Gasteiger partial charge in [0.15, 0.2) is 0 Å². The molecule has 1 N–H and O–H groups in total. The predicted octanol–water partition coefficient (Wildman–Crippen LogP) is 7.63. The summed E-state index contributed by atoms with van der Waals surface area (Å²) in [5, 5.41) is 10.5. The highest BCUT2D eigenvalue weighted by Crippen LogP contribution is 2.34. The third-order valence-corrected chi connectivity index (χ3v) is 9.50. The number of ether oxygens (including phenoxy) is 2. The summed E-state index contributed by atoms with van der Waals surface area (Å²) in [5.74, 6) is 2.11. The van der Waals surface area contributed by atoms with Crippen molar-refractivity contribution in [3.8, 4) is 17.2 Å². The van der Waals surface area contributed by atoms with Gasteiger partial charge in [0.1, 0.15) is 23.9 Å². The van der Waals surface area contributed by atoms with Gasteiger partial charge in [0, 0.05) is 49.4 Å². The number of pyridine rings is 1. The second kappa shape index (κ2) is 16.1. The minimum atomic E-state index is -0.788. The molecule has 0 aliphatic heterocycles. The van der Waals surface area contributed by atoms with E-state index >= 15 is 0 Å². The largest absolute Gasteiger partial charge is 0.487 e. The number of carbonyl (C=O) groups excluding carboxylic acids is 1. The Hall–Kier alpha value is -3.69. The predicted molar refractivity (Wildman–Crippen MR) is 171 cm³/mol. The highest BCUT2D eigenvalue weighted by molar-refractivity contribution is 8.76. The van der Waals surface area contributed by atoms with Gasteiger partial charge in [-0.05, 0) is 61.2 Å². The molecule has 0 radical (unpaired) electrons. The fraction of sp³-hybridized carbons (Fsp3) is 0.303. The number of hydrogen-bond acceptors (Lipinski definition) is 7. The molecule has 4 aromatic rings. The molecule has 1 atom stereocenters.